The van der Waals surface area contributed by atoms with Crippen LogP contribution in [-0.4, -0.2) is 48.0 Å². The van der Waals surface area contributed by atoms with Crippen LogP contribution in [-0.2, 0) is 22.6 Å². The van der Waals surface area contributed by atoms with Gasteiger partial charge >= 0.3 is 12.0 Å². The number of carboxylic acid groups (broad SMARTS) is 1. The van der Waals surface area contributed by atoms with Crippen LogP contribution >= 0.6 is 0 Å². The molecule has 31 heavy (non-hydrogen) atoms. The van der Waals surface area contributed by atoms with Crippen molar-refractivity contribution in [2.24, 2.45) is 11.3 Å². The lowest BCUT2D eigenvalue weighted by atomic mass is 9.79. The van der Waals surface area contributed by atoms with Crippen molar-refractivity contribution < 1.29 is 28.3 Å². The third kappa shape index (κ3) is 5.15. The Morgan fingerprint density at radius 1 is 1.35 bits per heavy atom. The smallest absolute Gasteiger partial charge is 0.324 e. The van der Waals surface area contributed by atoms with Crippen LogP contribution in [0.25, 0.3) is 0 Å². The highest BCUT2D eigenvalue weighted by Crippen LogP contribution is 2.57. The summed E-state index contributed by atoms with van der Waals surface area (Å²) in [5, 5.41) is 12.7. The van der Waals surface area contributed by atoms with E-state index in [1.807, 2.05) is 0 Å². The van der Waals surface area contributed by atoms with Gasteiger partial charge < -0.3 is 24.0 Å². The molecule has 8 nitrogen and oxygen atoms in total. The number of methoxy groups -OCH3 is 1. The first-order chi connectivity index (χ1) is 15.0. The first-order valence-electron chi connectivity index (χ1n) is 10.7. The molecular weight excluding hydrogens is 405 g/mol. The maximum absolute atomic E-state index is 14.0. The van der Waals surface area contributed by atoms with Gasteiger partial charge in [0.25, 0.3) is 0 Å². The van der Waals surface area contributed by atoms with E-state index in [9.17, 15) is 9.18 Å². The van der Waals surface area contributed by atoms with Crippen LogP contribution in [0.2, 0.25) is 0 Å². The summed E-state index contributed by atoms with van der Waals surface area (Å²) in [6, 6.07) is 4.96. The first-order valence-corrected chi connectivity index (χ1v) is 10.7. The van der Waals surface area contributed by atoms with Gasteiger partial charge in [0.2, 0.25) is 0 Å². The average molecular weight is 433 g/mol. The van der Waals surface area contributed by atoms with E-state index in [2.05, 4.69) is 15.0 Å². The second kappa shape index (κ2) is 9.21. The van der Waals surface area contributed by atoms with Crippen LogP contribution in [0.4, 0.5) is 10.4 Å². The maximum Gasteiger partial charge on any atom is 0.324 e. The van der Waals surface area contributed by atoms with E-state index in [0.717, 1.165) is 32.4 Å². The molecular formula is C22H28FN3O5. The van der Waals surface area contributed by atoms with Crippen molar-refractivity contribution in [3.8, 4) is 5.75 Å². The van der Waals surface area contributed by atoms with E-state index >= 15 is 0 Å². The molecule has 2 aliphatic rings. The number of benzene rings is 1. The summed E-state index contributed by atoms with van der Waals surface area (Å²) in [6.07, 6.45) is 5.15. The molecule has 1 aromatic heterocycles. The number of piperidine rings is 1. The summed E-state index contributed by atoms with van der Waals surface area (Å²) in [5.74, 6) is 0.0404. The molecule has 0 radical (unpaired) electrons. The number of anilines is 1. The largest absolute Gasteiger partial charge is 0.493 e. The molecule has 1 aromatic carbocycles. The van der Waals surface area contributed by atoms with Gasteiger partial charge in [0.15, 0.2) is 5.82 Å². The number of carboxylic acids is 1. The average Bonchev–Trinajstić information content (AvgIpc) is 3.39. The third-order valence-electron chi connectivity index (χ3n) is 6.49. The lowest BCUT2D eigenvalue weighted by molar-refractivity contribution is -0.136. The van der Waals surface area contributed by atoms with E-state index in [1.54, 1.807) is 13.2 Å². The zero-order chi connectivity index (χ0) is 21.8. The number of nitrogens with zero attached hydrogens (tertiary/aromatic N) is 3. The SMILES string of the molecule is COCc1noc(N2CCC(C3(CCOc4ccc(CC(=O)O)c(F)c4)CC3)CC2)n1. The Kier molecular flexibility index (Phi) is 6.41. The summed E-state index contributed by atoms with van der Waals surface area (Å²) in [4.78, 5) is 17.3. The molecule has 0 bridgehead atoms. The van der Waals surface area contributed by atoms with Gasteiger partial charge in [-0.05, 0) is 55.1 Å². The Labute approximate surface area is 180 Å². The quantitative estimate of drug-likeness (QED) is 0.608. The summed E-state index contributed by atoms with van der Waals surface area (Å²) < 4.78 is 30.2. The van der Waals surface area contributed by atoms with Crippen LogP contribution in [0.15, 0.2) is 22.7 Å². The highest BCUT2D eigenvalue weighted by molar-refractivity contribution is 5.70. The van der Waals surface area contributed by atoms with E-state index in [0.29, 0.717) is 42.1 Å². The Hall–Kier alpha value is -2.68. The van der Waals surface area contributed by atoms with E-state index in [4.69, 9.17) is 19.1 Å². The zero-order valence-electron chi connectivity index (χ0n) is 17.7. The van der Waals surface area contributed by atoms with Gasteiger partial charge in [-0.25, -0.2) is 4.39 Å². The van der Waals surface area contributed by atoms with Crippen LogP contribution in [0, 0.1) is 17.2 Å². The fraction of sp³-hybridized carbons (Fsp3) is 0.591. The molecule has 1 saturated carbocycles. The molecule has 2 aromatic rings. The van der Waals surface area contributed by atoms with Crippen molar-refractivity contribution in [1.29, 1.82) is 0 Å². The molecule has 9 heteroatoms. The number of ether oxygens (including phenoxy) is 2. The maximum atomic E-state index is 14.0. The first kappa shape index (κ1) is 21.5. The fourth-order valence-electron chi connectivity index (χ4n) is 4.56. The molecule has 0 spiro atoms. The van der Waals surface area contributed by atoms with Gasteiger partial charge in [-0.3, -0.25) is 4.79 Å². The third-order valence-corrected chi connectivity index (χ3v) is 6.49. The number of hydrogen-bond donors (Lipinski definition) is 1. The van der Waals surface area contributed by atoms with Crippen molar-refractivity contribution in [2.45, 2.75) is 45.1 Å². The molecule has 168 valence electrons. The van der Waals surface area contributed by atoms with E-state index in [1.165, 1.54) is 25.0 Å². The molecule has 0 unspecified atom stereocenters. The lowest BCUT2D eigenvalue weighted by Crippen LogP contribution is -2.37. The van der Waals surface area contributed by atoms with Crippen LogP contribution < -0.4 is 9.64 Å². The highest BCUT2D eigenvalue weighted by atomic mass is 19.1. The Balaban J connectivity index is 1.25. The van der Waals surface area contributed by atoms with Crippen LogP contribution in [0.5, 0.6) is 5.75 Å². The molecule has 1 aliphatic carbocycles. The fourth-order valence-corrected chi connectivity index (χ4v) is 4.56. The normalized spacial score (nSPS) is 18.2. The number of aliphatic carboxylic acids is 1. The predicted molar refractivity (Wildman–Crippen MR) is 109 cm³/mol. The monoisotopic (exact) mass is 433 g/mol. The Morgan fingerprint density at radius 2 is 2.13 bits per heavy atom. The van der Waals surface area contributed by atoms with Gasteiger partial charge in [-0.1, -0.05) is 11.2 Å². The summed E-state index contributed by atoms with van der Waals surface area (Å²) in [7, 11) is 1.60. The topological polar surface area (TPSA) is 97.9 Å². The molecule has 2 fully saturated rings. The number of carbonyl (C=O) groups is 1. The van der Waals surface area contributed by atoms with Gasteiger partial charge in [0.1, 0.15) is 18.2 Å². The second-order valence-electron chi connectivity index (χ2n) is 8.47. The second-order valence-corrected chi connectivity index (χ2v) is 8.47. The summed E-state index contributed by atoms with van der Waals surface area (Å²) in [5.41, 5.74) is 0.477. The van der Waals surface area contributed by atoms with Gasteiger partial charge in [0, 0.05) is 26.3 Å². The van der Waals surface area contributed by atoms with Crippen molar-refractivity contribution in [2.75, 3.05) is 31.7 Å². The van der Waals surface area contributed by atoms with Gasteiger partial charge in [-0.2, -0.15) is 4.98 Å². The molecule has 1 saturated heterocycles. The highest BCUT2D eigenvalue weighted by Gasteiger charge is 2.49. The van der Waals surface area contributed by atoms with Gasteiger partial charge in [0.05, 0.1) is 13.0 Å². The van der Waals surface area contributed by atoms with E-state index < -0.39 is 11.8 Å². The molecule has 1 N–H and O–H groups in total. The number of aromatic nitrogens is 2. The molecule has 4 rings (SSSR count). The summed E-state index contributed by atoms with van der Waals surface area (Å²) >= 11 is 0. The van der Waals surface area contributed by atoms with Crippen LogP contribution in [0.3, 0.4) is 0 Å². The van der Waals surface area contributed by atoms with Crippen molar-refractivity contribution in [3.05, 3.63) is 35.4 Å². The standard InChI is InChI=1S/C22H28FN3O5/c1-29-14-19-24-21(31-25-19)26-9-4-16(5-10-26)22(6-7-22)8-11-30-17-3-2-15(12-20(27)28)18(23)13-17/h2-3,13,16H,4-12,14H2,1H3,(H,27,28). The van der Waals surface area contributed by atoms with E-state index in [-0.39, 0.29) is 12.0 Å². The number of rotatable bonds is 10. The molecule has 0 atom stereocenters. The van der Waals surface area contributed by atoms with Crippen molar-refractivity contribution in [1.82, 2.24) is 10.1 Å². The minimum atomic E-state index is -1.05. The molecule has 2 heterocycles. The van der Waals surface area contributed by atoms with Gasteiger partial charge in [-0.15, -0.1) is 0 Å². The zero-order valence-corrected chi connectivity index (χ0v) is 17.7. The van der Waals surface area contributed by atoms with Crippen LogP contribution in [0.1, 0.15) is 43.5 Å². The Morgan fingerprint density at radius 3 is 2.77 bits per heavy atom. The minimum Gasteiger partial charge on any atom is -0.493 e. The Bertz CT molecular complexity index is 906. The number of hydrogen-bond acceptors (Lipinski definition) is 7. The lowest BCUT2D eigenvalue weighted by Gasteiger charge is -2.35. The molecule has 0 amide bonds. The summed E-state index contributed by atoms with van der Waals surface area (Å²) in [6.45, 7) is 2.65. The minimum absolute atomic E-state index is 0.167. The molecule has 1 aliphatic heterocycles. The van der Waals surface area contributed by atoms with Crippen molar-refractivity contribution >= 4 is 12.0 Å². The predicted octanol–water partition coefficient (Wildman–Crippen LogP) is 3.45. The number of halogens is 1. The van der Waals surface area contributed by atoms with Crippen molar-refractivity contribution in [3.63, 3.8) is 0 Å².